The van der Waals surface area contributed by atoms with Crippen molar-refractivity contribution in [3.05, 3.63) is 36.2 Å². The number of nitrogens with one attached hydrogen (secondary N) is 1. The Labute approximate surface area is 104 Å². The molecule has 0 radical (unpaired) electrons. The van der Waals surface area contributed by atoms with E-state index in [1.165, 1.54) is 7.11 Å². The zero-order chi connectivity index (χ0) is 13.1. The highest BCUT2D eigenvalue weighted by Crippen LogP contribution is 2.25. The van der Waals surface area contributed by atoms with Gasteiger partial charge in [-0.25, -0.2) is 0 Å². The van der Waals surface area contributed by atoms with Gasteiger partial charge in [0.1, 0.15) is 5.75 Å². The van der Waals surface area contributed by atoms with E-state index in [1.54, 1.807) is 42.2 Å². The Hall–Kier alpha value is -2.50. The quantitative estimate of drug-likeness (QED) is 0.799. The third kappa shape index (κ3) is 2.42. The molecule has 94 valence electrons. The van der Waals surface area contributed by atoms with Crippen molar-refractivity contribution in [1.29, 1.82) is 0 Å². The lowest BCUT2D eigenvalue weighted by atomic mass is 10.2. The summed E-state index contributed by atoms with van der Waals surface area (Å²) in [6.07, 6.45) is 1.71. The summed E-state index contributed by atoms with van der Waals surface area (Å²) in [6, 6.07) is 6.69. The molecule has 0 aliphatic carbocycles. The number of ether oxygens (including phenoxy) is 1. The first-order valence-electron chi connectivity index (χ1n) is 5.34. The summed E-state index contributed by atoms with van der Waals surface area (Å²) in [6.45, 7) is 0. The van der Waals surface area contributed by atoms with Gasteiger partial charge < -0.3 is 15.8 Å². The second kappa shape index (κ2) is 4.79. The summed E-state index contributed by atoms with van der Waals surface area (Å²) in [5.74, 6) is 0.247. The number of carbonyl (C=O) groups is 1. The monoisotopic (exact) mass is 246 g/mol. The van der Waals surface area contributed by atoms with Crippen LogP contribution in [-0.4, -0.2) is 22.8 Å². The van der Waals surface area contributed by atoms with Gasteiger partial charge in [-0.15, -0.1) is 0 Å². The zero-order valence-corrected chi connectivity index (χ0v) is 10.2. The fourth-order valence-corrected chi connectivity index (χ4v) is 1.52. The zero-order valence-electron chi connectivity index (χ0n) is 10.2. The molecule has 6 nitrogen and oxygen atoms in total. The molecule has 0 unspecified atom stereocenters. The van der Waals surface area contributed by atoms with Gasteiger partial charge in [0.05, 0.1) is 12.8 Å². The standard InChI is InChI=1S/C12H14N4O2/c1-16-6-5-10(15-16)12(17)14-8-3-4-9(13)11(7-8)18-2/h3-7H,13H2,1-2H3,(H,14,17). The van der Waals surface area contributed by atoms with E-state index < -0.39 is 0 Å². The number of nitrogens with zero attached hydrogens (tertiary/aromatic N) is 2. The number of hydrogen-bond acceptors (Lipinski definition) is 4. The van der Waals surface area contributed by atoms with E-state index in [2.05, 4.69) is 10.4 Å². The average Bonchev–Trinajstić information content (AvgIpc) is 2.78. The topological polar surface area (TPSA) is 82.2 Å². The van der Waals surface area contributed by atoms with Crippen LogP contribution in [0.5, 0.6) is 5.75 Å². The van der Waals surface area contributed by atoms with Gasteiger partial charge in [0.15, 0.2) is 5.69 Å². The molecule has 0 bridgehead atoms. The maximum atomic E-state index is 11.9. The fourth-order valence-electron chi connectivity index (χ4n) is 1.52. The Bertz CT molecular complexity index is 577. The minimum Gasteiger partial charge on any atom is -0.495 e. The largest absolute Gasteiger partial charge is 0.495 e. The van der Waals surface area contributed by atoms with Crippen molar-refractivity contribution < 1.29 is 9.53 Å². The average molecular weight is 246 g/mol. The highest BCUT2D eigenvalue weighted by molar-refractivity contribution is 6.03. The van der Waals surface area contributed by atoms with Gasteiger partial charge in [-0.3, -0.25) is 9.48 Å². The number of hydrogen-bond donors (Lipinski definition) is 2. The summed E-state index contributed by atoms with van der Waals surface area (Å²) in [7, 11) is 3.28. The molecule has 0 saturated carbocycles. The first-order chi connectivity index (χ1) is 8.60. The van der Waals surface area contributed by atoms with E-state index in [1.807, 2.05) is 0 Å². The number of anilines is 2. The number of methoxy groups -OCH3 is 1. The van der Waals surface area contributed by atoms with Crippen molar-refractivity contribution >= 4 is 17.3 Å². The molecule has 0 saturated heterocycles. The second-order valence-electron chi connectivity index (χ2n) is 3.79. The third-order valence-corrected chi connectivity index (χ3v) is 2.44. The van der Waals surface area contributed by atoms with Crippen molar-refractivity contribution in [2.24, 2.45) is 7.05 Å². The van der Waals surface area contributed by atoms with Gasteiger partial charge in [0.2, 0.25) is 0 Å². The number of rotatable bonds is 3. The number of nitrogen functional groups attached to an aromatic ring is 1. The maximum Gasteiger partial charge on any atom is 0.276 e. The number of nitrogens with two attached hydrogens (primary N) is 1. The molecule has 0 fully saturated rings. The van der Waals surface area contributed by atoms with E-state index in [4.69, 9.17) is 10.5 Å². The second-order valence-corrected chi connectivity index (χ2v) is 3.79. The van der Waals surface area contributed by atoms with Crippen LogP contribution in [0.25, 0.3) is 0 Å². The van der Waals surface area contributed by atoms with Crippen LogP contribution in [0.2, 0.25) is 0 Å². The van der Waals surface area contributed by atoms with E-state index in [0.29, 0.717) is 22.8 Å². The van der Waals surface area contributed by atoms with Crippen molar-refractivity contribution in [3.63, 3.8) is 0 Å². The minimum atomic E-state index is -0.276. The van der Waals surface area contributed by atoms with Crippen LogP contribution in [-0.2, 0) is 7.05 Å². The Morgan fingerprint density at radius 1 is 1.44 bits per heavy atom. The highest BCUT2D eigenvalue weighted by Gasteiger charge is 2.10. The fraction of sp³-hybridized carbons (Fsp3) is 0.167. The number of carbonyl (C=O) groups excluding carboxylic acids is 1. The first kappa shape index (κ1) is 12.0. The third-order valence-electron chi connectivity index (χ3n) is 2.44. The van der Waals surface area contributed by atoms with Crippen LogP contribution in [0, 0.1) is 0 Å². The predicted molar refractivity (Wildman–Crippen MR) is 68.6 cm³/mol. The van der Waals surface area contributed by atoms with Crippen molar-refractivity contribution in [1.82, 2.24) is 9.78 Å². The van der Waals surface area contributed by atoms with E-state index >= 15 is 0 Å². The summed E-state index contributed by atoms with van der Waals surface area (Å²) in [5, 5.41) is 6.74. The Balaban J connectivity index is 2.16. The molecule has 1 amide bonds. The highest BCUT2D eigenvalue weighted by atomic mass is 16.5. The van der Waals surface area contributed by atoms with Gasteiger partial charge >= 0.3 is 0 Å². The lowest BCUT2D eigenvalue weighted by Gasteiger charge is -2.08. The van der Waals surface area contributed by atoms with Gasteiger partial charge in [0, 0.05) is 25.0 Å². The minimum absolute atomic E-state index is 0.276. The number of aromatic nitrogens is 2. The van der Waals surface area contributed by atoms with E-state index in [-0.39, 0.29) is 5.91 Å². The van der Waals surface area contributed by atoms with Crippen LogP contribution in [0.1, 0.15) is 10.5 Å². The molecule has 1 aromatic carbocycles. The molecule has 0 aliphatic heterocycles. The molecule has 3 N–H and O–H groups in total. The number of benzene rings is 1. The maximum absolute atomic E-state index is 11.9. The lowest BCUT2D eigenvalue weighted by Crippen LogP contribution is -2.13. The van der Waals surface area contributed by atoms with E-state index in [9.17, 15) is 4.79 Å². The van der Waals surface area contributed by atoms with Gasteiger partial charge in [-0.05, 0) is 18.2 Å². The van der Waals surface area contributed by atoms with Crippen LogP contribution in [0.3, 0.4) is 0 Å². The van der Waals surface area contributed by atoms with Crippen LogP contribution >= 0.6 is 0 Å². The van der Waals surface area contributed by atoms with Crippen LogP contribution in [0.15, 0.2) is 30.5 Å². The van der Waals surface area contributed by atoms with Crippen LogP contribution < -0.4 is 15.8 Å². The van der Waals surface area contributed by atoms with Gasteiger partial charge in [0.25, 0.3) is 5.91 Å². The molecule has 0 aliphatic rings. The lowest BCUT2D eigenvalue weighted by molar-refractivity contribution is 0.102. The Morgan fingerprint density at radius 3 is 2.83 bits per heavy atom. The predicted octanol–water partition coefficient (Wildman–Crippen LogP) is 1.26. The molecule has 2 rings (SSSR count). The van der Waals surface area contributed by atoms with E-state index in [0.717, 1.165) is 0 Å². The summed E-state index contributed by atoms with van der Waals surface area (Å²) in [4.78, 5) is 11.9. The molecule has 0 spiro atoms. The normalized spacial score (nSPS) is 10.1. The number of amides is 1. The Kier molecular flexibility index (Phi) is 3.18. The van der Waals surface area contributed by atoms with Gasteiger partial charge in [-0.1, -0.05) is 0 Å². The molecule has 2 aromatic rings. The molecular formula is C12H14N4O2. The Morgan fingerprint density at radius 2 is 2.22 bits per heavy atom. The first-order valence-corrected chi connectivity index (χ1v) is 5.34. The molecule has 18 heavy (non-hydrogen) atoms. The molecule has 0 atom stereocenters. The molecule has 1 heterocycles. The van der Waals surface area contributed by atoms with Crippen LogP contribution in [0.4, 0.5) is 11.4 Å². The summed E-state index contributed by atoms with van der Waals surface area (Å²) >= 11 is 0. The van der Waals surface area contributed by atoms with Crippen molar-refractivity contribution in [3.8, 4) is 5.75 Å². The molecule has 1 aromatic heterocycles. The molecular weight excluding hydrogens is 232 g/mol. The SMILES string of the molecule is COc1cc(NC(=O)c2ccn(C)n2)ccc1N. The van der Waals surface area contributed by atoms with Crippen molar-refractivity contribution in [2.75, 3.05) is 18.2 Å². The smallest absolute Gasteiger partial charge is 0.276 e. The summed E-state index contributed by atoms with van der Waals surface area (Å²) in [5.41, 5.74) is 7.18. The number of aryl methyl sites for hydroxylation is 1. The molecule has 6 heteroatoms. The van der Waals surface area contributed by atoms with Gasteiger partial charge in [-0.2, -0.15) is 5.10 Å². The summed E-state index contributed by atoms with van der Waals surface area (Å²) < 4.78 is 6.65. The van der Waals surface area contributed by atoms with Crippen molar-refractivity contribution in [2.45, 2.75) is 0 Å².